The Hall–Kier alpha value is 0.984. The monoisotopic (exact) mass is 392 g/mol. The van der Waals surface area contributed by atoms with Crippen LogP contribution in [-0.2, 0) is 35.1 Å². The van der Waals surface area contributed by atoms with E-state index in [-0.39, 0.29) is 0 Å². The van der Waals surface area contributed by atoms with Gasteiger partial charge in [0.1, 0.15) is 0 Å². The molecule has 0 aliphatic carbocycles. The van der Waals surface area contributed by atoms with Gasteiger partial charge < -0.3 is 0 Å². The summed E-state index contributed by atoms with van der Waals surface area (Å²) in [5.74, 6) is 0. The molecule has 0 bridgehead atoms. The van der Waals surface area contributed by atoms with E-state index in [1.165, 1.54) is 57.8 Å². The molecule has 0 amide bonds. The van der Waals surface area contributed by atoms with E-state index in [0.29, 0.717) is 0 Å². The van der Waals surface area contributed by atoms with Crippen molar-refractivity contribution in [2.24, 2.45) is 0 Å². The fourth-order valence-corrected chi connectivity index (χ4v) is 5.63. The summed E-state index contributed by atoms with van der Waals surface area (Å²) >= 11 is -2.62. The third-order valence-corrected chi connectivity index (χ3v) is 7.50. The van der Waals surface area contributed by atoms with E-state index in [1.807, 2.05) is 0 Å². The van der Waals surface area contributed by atoms with E-state index in [0.717, 1.165) is 39.1 Å². The zero-order valence-corrected chi connectivity index (χ0v) is 18.2. The van der Waals surface area contributed by atoms with Crippen LogP contribution in [0.5, 0.6) is 0 Å². The Morgan fingerprint density at radius 3 is 1.05 bits per heavy atom. The Balaban J connectivity index is 3.72. The van der Waals surface area contributed by atoms with E-state index in [4.69, 9.17) is 6.15 Å². The Morgan fingerprint density at radius 2 is 0.773 bits per heavy atom. The van der Waals surface area contributed by atoms with Crippen LogP contribution in [0.4, 0.5) is 0 Å². The van der Waals surface area contributed by atoms with Gasteiger partial charge in [0.15, 0.2) is 0 Å². The summed E-state index contributed by atoms with van der Waals surface area (Å²) in [5.41, 5.74) is 0. The van der Waals surface area contributed by atoms with Crippen LogP contribution in [0.15, 0.2) is 0 Å². The van der Waals surface area contributed by atoms with E-state index < -0.39 is 29.0 Å². The van der Waals surface area contributed by atoms with Gasteiger partial charge in [-0.15, -0.1) is 0 Å². The summed E-state index contributed by atoms with van der Waals surface area (Å²) in [6.07, 6.45) is 15.0. The third-order valence-electron chi connectivity index (χ3n) is 3.76. The van der Waals surface area contributed by atoms with Crippen LogP contribution in [0.1, 0.15) is 97.8 Å². The molecule has 0 saturated carbocycles. The molecule has 0 aromatic carbocycles. The fourth-order valence-electron chi connectivity index (χ4n) is 2.27. The molecule has 132 valence electrons. The third kappa shape index (κ3) is 17.3. The molecule has 0 spiro atoms. The number of hydrogen-bond donors (Lipinski definition) is 0. The van der Waals surface area contributed by atoms with Crippen molar-refractivity contribution in [3.05, 3.63) is 0 Å². The molecule has 0 aliphatic rings. The van der Waals surface area contributed by atoms with Crippen LogP contribution in [0.3, 0.4) is 0 Å². The van der Waals surface area contributed by atoms with E-state index in [9.17, 15) is 0 Å². The first-order chi connectivity index (χ1) is 10.8. The topological polar surface area (TPSA) is 27.7 Å². The predicted molar refractivity (Wildman–Crippen MR) is 90.3 cm³/mol. The van der Waals surface area contributed by atoms with Crippen LogP contribution in [0.25, 0.3) is 0 Å². The fraction of sp³-hybridized carbons (Fsp3) is 1.00. The van der Waals surface area contributed by atoms with Gasteiger partial charge in [-0.2, -0.15) is 0 Å². The maximum atomic E-state index is 5.97. The molecule has 0 atom stereocenters. The second-order valence-electron chi connectivity index (χ2n) is 6.08. The van der Waals surface area contributed by atoms with Crippen molar-refractivity contribution in [1.29, 1.82) is 0 Å². The number of unbranched alkanes of at least 4 members (excludes halogenated alkanes) is 9. The molecule has 0 unspecified atom stereocenters. The standard InChI is InChI=1S/3C6H13O.Y/c3*1-2-3-4-5-6-7;/h3*2-6H2,1H3;/q3*-1;+3. The quantitative estimate of drug-likeness (QED) is 0.262. The zero-order valence-electron chi connectivity index (χ0n) is 15.4. The zero-order chi connectivity index (χ0) is 16.3. The summed E-state index contributed by atoms with van der Waals surface area (Å²) in [6, 6.07) is 0. The molecule has 0 radical (unpaired) electrons. The Kier molecular flexibility index (Phi) is 20.9. The summed E-state index contributed by atoms with van der Waals surface area (Å²) in [6.45, 7) is 9.23. The molecule has 0 fully saturated rings. The van der Waals surface area contributed by atoms with Crippen LogP contribution in [0.2, 0.25) is 0 Å². The first-order valence-corrected chi connectivity index (χ1v) is 13.2. The van der Waals surface area contributed by atoms with Gasteiger partial charge in [0.2, 0.25) is 0 Å². The first kappa shape index (κ1) is 23.0. The minimum absolute atomic E-state index is 0.838. The van der Waals surface area contributed by atoms with Crippen molar-refractivity contribution in [2.75, 3.05) is 19.8 Å². The van der Waals surface area contributed by atoms with Crippen molar-refractivity contribution in [3.8, 4) is 0 Å². The van der Waals surface area contributed by atoms with Gasteiger partial charge in [-0.3, -0.25) is 0 Å². The number of hydrogen-bond acceptors (Lipinski definition) is 3. The molecule has 3 nitrogen and oxygen atoms in total. The molecule has 0 rings (SSSR count). The van der Waals surface area contributed by atoms with Crippen molar-refractivity contribution in [1.82, 2.24) is 0 Å². The number of rotatable bonds is 18. The molecule has 0 N–H and O–H groups in total. The van der Waals surface area contributed by atoms with E-state index in [1.54, 1.807) is 0 Å². The normalized spacial score (nSPS) is 11.0. The van der Waals surface area contributed by atoms with Gasteiger partial charge in [-0.05, 0) is 0 Å². The molecular formula is C18H39O3Y. The van der Waals surface area contributed by atoms with Gasteiger partial charge in [0.05, 0.1) is 0 Å². The second-order valence-corrected chi connectivity index (χ2v) is 9.96. The molecule has 4 heteroatoms. The van der Waals surface area contributed by atoms with Gasteiger partial charge in [-0.1, -0.05) is 0 Å². The average molecular weight is 392 g/mol. The molecular weight excluding hydrogens is 353 g/mol. The molecule has 0 aromatic rings. The van der Waals surface area contributed by atoms with Gasteiger partial charge in [0, 0.05) is 0 Å². The van der Waals surface area contributed by atoms with Crippen LogP contribution in [-0.4, -0.2) is 19.8 Å². The molecule has 22 heavy (non-hydrogen) atoms. The minimum atomic E-state index is -2.62. The van der Waals surface area contributed by atoms with Crippen LogP contribution in [0, 0.1) is 0 Å². The first-order valence-electron chi connectivity index (χ1n) is 9.69. The molecule has 0 heterocycles. The second kappa shape index (κ2) is 20.0. The van der Waals surface area contributed by atoms with Crippen molar-refractivity contribution >= 4 is 0 Å². The Labute approximate surface area is 152 Å². The van der Waals surface area contributed by atoms with Crippen molar-refractivity contribution in [2.45, 2.75) is 97.8 Å². The molecule has 0 aromatic heterocycles. The SMILES string of the molecule is CCCCCC[O][Y]([O]CCCCCC)[O]CCCCCC. The van der Waals surface area contributed by atoms with Crippen LogP contribution >= 0.6 is 0 Å². The maximum absolute atomic E-state index is 5.97. The summed E-state index contributed by atoms with van der Waals surface area (Å²) in [5, 5.41) is 0. The summed E-state index contributed by atoms with van der Waals surface area (Å²) in [7, 11) is 0. The molecule has 0 aliphatic heterocycles. The Bertz CT molecular complexity index is 169. The van der Waals surface area contributed by atoms with E-state index >= 15 is 0 Å². The van der Waals surface area contributed by atoms with Crippen molar-refractivity contribution in [3.63, 3.8) is 0 Å². The summed E-state index contributed by atoms with van der Waals surface area (Å²) < 4.78 is 17.9. The van der Waals surface area contributed by atoms with Crippen molar-refractivity contribution < 1.29 is 35.1 Å². The summed E-state index contributed by atoms with van der Waals surface area (Å²) in [4.78, 5) is 0. The molecule has 0 saturated heterocycles. The van der Waals surface area contributed by atoms with Crippen LogP contribution < -0.4 is 0 Å². The van der Waals surface area contributed by atoms with Gasteiger partial charge >= 0.3 is 153 Å². The predicted octanol–water partition coefficient (Wildman–Crippen LogP) is 6.14. The van der Waals surface area contributed by atoms with Gasteiger partial charge in [-0.25, -0.2) is 0 Å². The average Bonchev–Trinajstić information content (AvgIpc) is 2.53. The van der Waals surface area contributed by atoms with E-state index in [2.05, 4.69) is 20.8 Å². The van der Waals surface area contributed by atoms with Gasteiger partial charge in [0.25, 0.3) is 0 Å². The Morgan fingerprint density at radius 1 is 0.455 bits per heavy atom.